The molecular formula is C19H27ClN2O2. The highest BCUT2D eigenvalue weighted by molar-refractivity contribution is 6.30. The minimum absolute atomic E-state index is 0.00642. The Hall–Kier alpha value is -1.55. The first-order valence-electron chi connectivity index (χ1n) is 8.87. The number of carbonyl (C=O) groups is 2. The highest BCUT2D eigenvalue weighted by atomic mass is 35.5. The van der Waals surface area contributed by atoms with Gasteiger partial charge in [-0.1, -0.05) is 44.2 Å². The predicted molar refractivity (Wildman–Crippen MR) is 98.3 cm³/mol. The minimum Gasteiger partial charge on any atom is -0.353 e. The molecule has 2 rings (SSSR count). The first-order chi connectivity index (χ1) is 11.5. The molecule has 1 aliphatic heterocycles. The van der Waals surface area contributed by atoms with Gasteiger partial charge in [-0.15, -0.1) is 0 Å². The normalized spacial score (nSPS) is 18.7. The van der Waals surface area contributed by atoms with Gasteiger partial charge in [0.2, 0.25) is 11.8 Å². The summed E-state index contributed by atoms with van der Waals surface area (Å²) in [6.45, 7) is 4.67. The Morgan fingerprint density at radius 3 is 2.67 bits per heavy atom. The number of nitrogens with one attached hydrogen (secondary N) is 1. The fourth-order valence-corrected chi connectivity index (χ4v) is 3.19. The average Bonchev–Trinajstić information content (AvgIpc) is 2.94. The van der Waals surface area contributed by atoms with E-state index in [0.717, 1.165) is 18.5 Å². The van der Waals surface area contributed by atoms with Crippen molar-refractivity contribution in [2.75, 3.05) is 11.4 Å². The van der Waals surface area contributed by atoms with Crippen molar-refractivity contribution in [3.05, 3.63) is 29.3 Å². The van der Waals surface area contributed by atoms with Crippen LogP contribution < -0.4 is 10.2 Å². The van der Waals surface area contributed by atoms with E-state index in [2.05, 4.69) is 12.2 Å². The molecule has 1 aromatic carbocycles. The fourth-order valence-electron chi connectivity index (χ4n) is 3.06. The smallest absolute Gasteiger partial charge is 0.227 e. The molecule has 1 fully saturated rings. The molecule has 1 aromatic rings. The first kappa shape index (κ1) is 18.8. The summed E-state index contributed by atoms with van der Waals surface area (Å²) in [5.41, 5.74) is 0.798. The van der Waals surface area contributed by atoms with Crippen LogP contribution in [0.25, 0.3) is 0 Å². The van der Waals surface area contributed by atoms with Crippen molar-refractivity contribution in [2.45, 2.75) is 58.4 Å². The molecule has 1 aliphatic rings. The molecular weight excluding hydrogens is 324 g/mol. The standard InChI is InChI=1S/C19H27ClN2O2/c1-3-4-5-6-7-14(2)21-19(24)15-12-18(23)22(13-15)17-10-8-16(20)9-11-17/h8-11,14-15H,3-7,12-13H2,1-2H3,(H,21,24). The molecule has 1 N–H and O–H groups in total. The zero-order chi connectivity index (χ0) is 17.5. The molecule has 1 heterocycles. The van der Waals surface area contributed by atoms with Crippen LogP contribution in [0, 0.1) is 5.92 Å². The third kappa shape index (κ3) is 5.23. The summed E-state index contributed by atoms with van der Waals surface area (Å²) in [6.07, 6.45) is 6.07. The van der Waals surface area contributed by atoms with Crippen molar-refractivity contribution >= 4 is 29.1 Å². The van der Waals surface area contributed by atoms with Crippen LogP contribution in [0.4, 0.5) is 5.69 Å². The second kappa shape index (κ2) is 9.07. The molecule has 2 unspecified atom stereocenters. The van der Waals surface area contributed by atoms with E-state index >= 15 is 0 Å². The highest BCUT2D eigenvalue weighted by Crippen LogP contribution is 2.26. The number of unbranched alkanes of at least 4 members (excludes halogenated alkanes) is 3. The Morgan fingerprint density at radius 2 is 2.00 bits per heavy atom. The molecule has 24 heavy (non-hydrogen) atoms. The van der Waals surface area contributed by atoms with E-state index in [4.69, 9.17) is 11.6 Å². The number of halogens is 1. The van der Waals surface area contributed by atoms with Crippen LogP contribution >= 0.6 is 11.6 Å². The molecule has 2 atom stereocenters. The molecule has 2 amide bonds. The quantitative estimate of drug-likeness (QED) is 0.715. The summed E-state index contributed by atoms with van der Waals surface area (Å²) in [5, 5.41) is 3.70. The van der Waals surface area contributed by atoms with Gasteiger partial charge < -0.3 is 10.2 Å². The van der Waals surface area contributed by atoms with Gasteiger partial charge in [-0.25, -0.2) is 0 Å². The van der Waals surface area contributed by atoms with E-state index in [1.165, 1.54) is 19.3 Å². The zero-order valence-electron chi connectivity index (χ0n) is 14.6. The Kier molecular flexibility index (Phi) is 7.10. The number of hydrogen-bond acceptors (Lipinski definition) is 2. The molecule has 0 radical (unpaired) electrons. The van der Waals surface area contributed by atoms with Gasteiger partial charge in [-0.2, -0.15) is 0 Å². The minimum atomic E-state index is -0.272. The van der Waals surface area contributed by atoms with Crippen molar-refractivity contribution < 1.29 is 9.59 Å². The van der Waals surface area contributed by atoms with Crippen LogP contribution in [-0.4, -0.2) is 24.4 Å². The summed E-state index contributed by atoms with van der Waals surface area (Å²) >= 11 is 5.88. The van der Waals surface area contributed by atoms with E-state index in [1.54, 1.807) is 17.0 Å². The molecule has 1 saturated heterocycles. The first-order valence-corrected chi connectivity index (χ1v) is 9.25. The van der Waals surface area contributed by atoms with Crippen molar-refractivity contribution in [1.82, 2.24) is 5.32 Å². The van der Waals surface area contributed by atoms with Gasteiger partial charge in [0.15, 0.2) is 0 Å². The predicted octanol–water partition coefficient (Wildman–Crippen LogP) is 4.17. The van der Waals surface area contributed by atoms with E-state index < -0.39 is 0 Å². The second-order valence-corrected chi connectivity index (χ2v) is 7.08. The monoisotopic (exact) mass is 350 g/mol. The average molecular weight is 351 g/mol. The largest absolute Gasteiger partial charge is 0.353 e. The molecule has 4 nitrogen and oxygen atoms in total. The Labute approximate surface area is 149 Å². The van der Waals surface area contributed by atoms with Gasteiger partial charge in [0, 0.05) is 29.7 Å². The van der Waals surface area contributed by atoms with Gasteiger partial charge in [0.1, 0.15) is 0 Å². The lowest BCUT2D eigenvalue weighted by Crippen LogP contribution is -2.38. The molecule has 0 saturated carbocycles. The van der Waals surface area contributed by atoms with Crippen LogP contribution in [0.15, 0.2) is 24.3 Å². The lowest BCUT2D eigenvalue weighted by molar-refractivity contribution is -0.126. The van der Waals surface area contributed by atoms with Crippen LogP contribution in [0.5, 0.6) is 0 Å². The van der Waals surface area contributed by atoms with E-state index in [1.807, 2.05) is 19.1 Å². The summed E-state index contributed by atoms with van der Waals surface area (Å²) in [7, 11) is 0. The van der Waals surface area contributed by atoms with Gasteiger partial charge >= 0.3 is 0 Å². The zero-order valence-corrected chi connectivity index (χ0v) is 15.3. The van der Waals surface area contributed by atoms with Gasteiger partial charge in [0.05, 0.1) is 5.92 Å². The third-order valence-corrected chi connectivity index (χ3v) is 4.77. The van der Waals surface area contributed by atoms with Gasteiger partial charge in [0.25, 0.3) is 0 Å². The second-order valence-electron chi connectivity index (χ2n) is 6.64. The molecule has 0 aliphatic carbocycles. The number of rotatable bonds is 8. The van der Waals surface area contributed by atoms with Crippen molar-refractivity contribution in [2.24, 2.45) is 5.92 Å². The van der Waals surface area contributed by atoms with Gasteiger partial charge in [-0.05, 0) is 37.6 Å². The van der Waals surface area contributed by atoms with E-state index in [-0.39, 0.29) is 30.2 Å². The summed E-state index contributed by atoms with van der Waals surface area (Å²) in [5.74, 6) is -0.290. The number of benzene rings is 1. The molecule has 0 bridgehead atoms. The molecule has 132 valence electrons. The number of carbonyl (C=O) groups excluding carboxylic acids is 2. The summed E-state index contributed by atoms with van der Waals surface area (Å²) in [6, 6.07) is 7.31. The third-order valence-electron chi connectivity index (χ3n) is 4.51. The lowest BCUT2D eigenvalue weighted by atomic mass is 10.1. The van der Waals surface area contributed by atoms with Crippen LogP contribution in [0.3, 0.4) is 0 Å². The van der Waals surface area contributed by atoms with Gasteiger partial charge in [-0.3, -0.25) is 9.59 Å². The molecule has 0 aromatic heterocycles. The number of nitrogens with zero attached hydrogens (tertiary/aromatic N) is 1. The number of amides is 2. The SMILES string of the molecule is CCCCCCC(C)NC(=O)C1CC(=O)N(c2ccc(Cl)cc2)C1. The number of hydrogen-bond donors (Lipinski definition) is 1. The maximum Gasteiger partial charge on any atom is 0.227 e. The van der Waals surface area contributed by atoms with Crippen LogP contribution in [0.1, 0.15) is 52.4 Å². The van der Waals surface area contributed by atoms with Crippen molar-refractivity contribution in [3.63, 3.8) is 0 Å². The Bertz CT molecular complexity index is 559. The topological polar surface area (TPSA) is 49.4 Å². The molecule has 5 heteroatoms. The molecule has 0 spiro atoms. The maximum absolute atomic E-state index is 12.4. The van der Waals surface area contributed by atoms with Crippen molar-refractivity contribution in [1.29, 1.82) is 0 Å². The lowest BCUT2D eigenvalue weighted by Gasteiger charge is -2.18. The maximum atomic E-state index is 12.4. The van der Waals surface area contributed by atoms with E-state index in [9.17, 15) is 9.59 Å². The Morgan fingerprint density at radius 1 is 1.29 bits per heavy atom. The summed E-state index contributed by atoms with van der Waals surface area (Å²) < 4.78 is 0. The summed E-state index contributed by atoms with van der Waals surface area (Å²) in [4.78, 5) is 26.3. The Balaban J connectivity index is 1.83. The van der Waals surface area contributed by atoms with Crippen molar-refractivity contribution in [3.8, 4) is 0 Å². The van der Waals surface area contributed by atoms with E-state index in [0.29, 0.717) is 11.6 Å². The highest BCUT2D eigenvalue weighted by Gasteiger charge is 2.35. The van der Waals surface area contributed by atoms with Crippen LogP contribution in [0.2, 0.25) is 5.02 Å². The fraction of sp³-hybridized carbons (Fsp3) is 0.579. The number of anilines is 1. The van der Waals surface area contributed by atoms with Crippen LogP contribution in [-0.2, 0) is 9.59 Å².